The molecule has 0 saturated heterocycles. The molecule has 2 rings (SSSR count). The number of carboxylic acid groups (broad SMARTS) is 1. The lowest BCUT2D eigenvalue weighted by molar-refractivity contribution is -0.137. The number of aliphatic carboxylic acids is 1. The summed E-state index contributed by atoms with van der Waals surface area (Å²) < 4.78 is 13.1. The summed E-state index contributed by atoms with van der Waals surface area (Å²) in [6, 6.07) is 4.93. The fourth-order valence-corrected chi connectivity index (χ4v) is 2.14. The molecule has 2 nitrogen and oxygen atoms in total. The van der Waals surface area contributed by atoms with Crippen LogP contribution in [0, 0.1) is 18.7 Å². The van der Waals surface area contributed by atoms with Gasteiger partial charge in [-0.05, 0) is 48.8 Å². The van der Waals surface area contributed by atoms with Crippen LogP contribution < -0.4 is 0 Å². The van der Waals surface area contributed by atoms with E-state index in [1.54, 1.807) is 19.1 Å². The van der Waals surface area contributed by atoms with Gasteiger partial charge < -0.3 is 5.11 Å². The van der Waals surface area contributed by atoms with Crippen LogP contribution >= 0.6 is 0 Å². The minimum Gasteiger partial charge on any atom is -0.481 e. The summed E-state index contributed by atoms with van der Waals surface area (Å²) in [5.74, 6) is -0.481. The Morgan fingerprint density at radius 2 is 2.25 bits per heavy atom. The van der Waals surface area contributed by atoms with E-state index in [4.69, 9.17) is 5.11 Å². The third-order valence-corrected chi connectivity index (χ3v) is 3.20. The second kappa shape index (κ2) is 4.24. The molecule has 0 heterocycles. The molecule has 0 amide bonds. The molecule has 0 spiro atoms. The first kappa shape index (κ1) is 11.1. The third-order valence-electron chi connectivity index (χ3n) is 3.20. The van der Waals surface area contributed by atoms with Crippen molar-refractivity contribution in [3.8, 4) is 0 Å². The molecule has 16 heavy (non-hydrogen) atoms. The van der Waals surface area contributed by atoms with Crippen LogP contribution in [0.2, 0.25) is 0 Å². The standard InChI is InChI=1S/C13H15FO2/c1-8-6-10(4-5-12(8)14)11(7-13(15)16)9-2-3-9/h4-6,9,11H,2-3,7H2,1H3,(H,15,16)/t11-/m1/s1. The largest absolute Gasteiger partial charge is 0.481 e. The maximum absolute atomic E-state index is 13.1. The van der Waals surface area contributed by atoms with E-state index in [9.17, 15) is 9.18 Å². The van der Waals surface area contributed by atoms with Crippen LogP contribution in [0.1, 0.15) is 36.3 Å². The Morgan fingerprint density at radius 1 is 1.56 bits per heavy atom. The predicted octanol–water partition coefficient (Wildman–Crippen LogP) is 3.10. The van der Waals surface area contributed by atoms with Crippen molar-refractivity contribution in [1.29, 1.82) is 0 Å². The first-order valence-corrected chi connectivity index (χ1v) is 5.56. The molecular weight excluding hydrogens is 207 g/mol. The molecule has 1 saturated carbocycles. The van der Waals surface area contributed by atoms with E-state index in [2.05, 4.69) is 0 Å². The van der Waals surface area contributed by atoms with Crippen molar-refractivity contribution in [2.24, 2.45) is 5.92 Å². The molecule has 0 aromatic heterocycles. The maximum Gasteiger partial charge on any atom is 0.303 e. The van der Waals surface area contributed by atoms with Crippen LogP contribution in [-0.2, 0) is 4.79 Å². The Labute approximate surface area is 94.1 Å². The van der Waals surface area contributed by atoms with Crippen molar-refractivity contribution in [1.82, 2.24) is 0 Å². The fourth-order valence-electron chi connectivity index (χ4n) is 2.14. The zero-order valence-corrected chi connectivity index (χ0v) is 9.24. The van der Waals surface area contributed by atoms with E-state index in [1.165, 1.54) is 6.07 Å². The van der Waals surface area contributed by atoms with E-state index in [1.807, 2.05) is 0 Å². The van der Waals surface area contributed by atoms with E-state index in [0.717, 1.165) is 18.4 Å². The van der Waals surface area contributed by atoms with Crippen LogP contribution in [0.25, 0.3) is 0 Å². The van der Waals surface area contributed by atoms with Gasteiger partial charge in [0.15, 0.2) is 0 Å². The average Bonchev–Trinajstić information content (AvgIpc) is 3.02. The van der Waals surface area contributed by atoms with Gasteiger partial charge in [-0.3, -0.25) is 4.79 Å². The summed E-state index contributed by atoms with van der Waals surface area (Å²) in [5.41, 5.74) is 1.55. The van der Waals surface area contributed by atoms with Gasteiger partial charge in [-0.2, -0.15) is 0 Å². The van der Waals surface area contributed by atoms with Gasteiger partial charge in [-0.25, -0.2) is 4.39 Å². The molecule has 1 aliphatic rings. The summed E-state index contributed by atoms with van der Waals surface area (Å²) in [6.07, 6.45) is 2.33. The van der Waals surface area contributed by atoms with Crippen LogP contribution in [0.5, 0.6) is 0 Å². The van der Waals surface area contributed by atoms with Crippen molar-refractivity contribution in [2.75, 3.05) is 0 Å². The first-order valence-electron chi connectivity index (χ1n) is 5.56. The van der Waals surface area contributed by atoms with Gasteiger partial charge in [0.25, 0.3) is 0 Å². The van der Waals surface area contributed by atoms with E-state index in [-0.39, 0.29) is 18.2 Å². The SMILES string of the molecule is Cc1cc([C@H](CC(=O)O)C2CC2)ccc1F. The van der Waals surface area contributed by atoms with Crippen LogP contribution in [0.15, 0.2) is 18.2 Å². The van der Waals surface area contributed by atoms with E-state index >= 15 is 0 Å². The monoisotopic (exact) mass is 222 g/mol. The predicted molar refractivity (Wildman–Crippen MR) is 58.9 cm³/mol. The van der Waals surface area contributed by atoms with E-state index in [0.29, 0.717) is 11.5 Å². The number of hydrogen-bond acceptors (Lipinski definition) is 1. The lowest BCUT2D eigenvalue weighted by Crippen LogP contribution is -2.08. The highest BCUT2D eigenvalue weighted by atomic mass is 19.1. The van der Waals surface area contributed by atoms with Crippen molar-refractivity contribution < 1.29 is 14.3 Å². The summed E-state index contributed by atoms with van der Waals surface area (Å²) in [4.78, 5) is 10.8. The molecule has 1 aliphatic carbocycles. The number of carboxylic acids is 1. The second-order valence-corrected chi connectivity index (χ2v) is 4.55. The number of rotatable bonds is 4. The van der Waals surface area contributed by atoms with E-state index < -0.39 is 5.97 Å². The van der Waals surface area contributed by atoms with Crippen molar-refractivity contribution >= 4 is 5.97 Å². The van der Waals surface area contributed by atoms with Crippen LogP contribution in [0.4, 0.5) is 4.39 Å². The minimum absolute atomic E-state index is 0.0526. The highest BCUT2D eigenvalue weighted by molar-refractivity contribution is 5.68. The summed E-state index contributed by atoms with van der Waals surface area (Å²) in [6.45, 7) is 1.71. The smallest absolute Gasteiger partial charge is 0.303 e. The molecular formula is C13H15FO2. The zero-order valence-electron chi connectivity index (χ0n) is 9.24. The summed E-state index contributed by atoms with van der Waals surface area (Å²) in [5, 5.41) is 8.87. The summed E-state index contributed by atoms with van der Waals surface area (Å²) in [7, 11) is 0. The molecule has 86 valence electrons. The molecule has 1 fully saturated rings. The molecule has 1 aromatic carbocycles. The Bertz CT molecular complexity index is 410. The number of benzene rings is 1. The third kappa shape index (κ3) is 2.40. The number of hydrogen-bond donors (Lipinski definition) is 1. The number of carbonyl (C=O) groups is 1. The fraction of sp³-hybridized carbons (Fsp3) is 0.462. The normalized spacial score (nSPS) is 17.1. The molecule has 0 radical (unpaired) electrons. The van der Waals surface area contributed by atoms with Gasteiger partial charge in [0.1, 0.15) is 5.82 Å². The molecule has 0 aliphatic heterocycles. The average molecular weight is 222 g/mol. The highest BCUT2D eigenvalue weighted by Gasteiger charge is 2.33. The maximum atomic E-state index is 13.1. The molecule has 0 unspecified atom stereocenters. The lowest BCUT2D eigenvalue weighted by atomic mass is 9.90. The molecule has 0 bridgehead atoms. The summed E-state index contributed by atoms with van der Waals surface area (Å²) >= 11 is 0. The zero-order chi connectivity index (χ0) is 11.7. The Balaban J connectivity index is 2.24. The lowest BCUT2D eigenvalue weighted by Gasteiger charge is -2.15. The van der Waals surface area contributed by atoms with Gasteiger partial charge in [0.05, 0.1) is 6.42 Å². The number of aryl methyl sites for hydroxylation is 1. The molecule has 1 atom stereocenters. The van der Waals surface area contributed by atoms with Gasteiger partial charge >= 0.3 is 5.97 Å². The number of halogens is 1. The van der Waals surface area contributed by atoms with Crippen molar-refractivity contribution in [2.45, 2.75) is 32.1 Å². The molecule has 1 aromatic rings. The molecule has 3 heteroatoms. The highest BCUT2D eigenvalue weighted by Crippen LogP contribution is 2.44. The van der Waals surface area contributed by atoms with Crippen molar-refractivity contribution in [3.05, 3.63) is 35.1 Å². The van der Waals surface area contributed by atoms with Crippen LogP contribution in [-0.4, -0.2) is 11.1 Å². The Morgan fingerprint density at radius 3 is 2.75 bits per heavy atom. The van der Waals surface area contributed by atoms with Crippen molar-refractivity contribution in [3.63, 3.8) is 0 Å². The quantitative estimate of drug-likeness (QED) is 0.849. The Kier molecular flexibility index (Phi) is 2.95. The van der Waals surface area contributed by atoms with Gasteiger partial charge in [0.2, 0.25) is 0 Å². The van der Waals surface area contributed by atoms with Crippen LogP contribution in [0.3, 0.4) is 0 Å². The van der Waals surface area contributed by atoms with Gasteiger partial charge in [-0.1, -0.05) is 12.1 Å². The first-order chi connectivity index (χ1) is 7.58. The van der Waals surface area contributed by atoms with Gasteiger partial charge in [-0.15, -0.1) is 0 Å². The minimum atomic E-state index is -0.779. The second-order valence-electron chi connectivity index (χ2n) is 4.55. The van der Waals surface area contributed by atoms with Gasteiger partial charge in [0, 0.05) is 0 Å². The topological polar surface area (TPSA) is 37.3 Å². The Hall–Kier alpha value is -1.38. The molecule has 1 N–H and O–H groups in total.